The Morgan fingerprint density at radius 3 is 1.48 bits per heavy atom. The summed E-state index contributed by atoms with van der Waals surface area (Å²) in [4.78, 5) is 0. The van der Waals surface area contributed by atoms with Crippen LogP contribution in [0.15, 0.2) is 158 Å². The maximum absolute atomic E-state index is 14.0. The largest absolute Gasteiger partial charge is 0.416 e. The number of hydrogen-bond donors (Lipinski definition) is 0. The molecule has 0 aliphatic rings. The van der Waals surface area contributed by atoms with Crippen molar-refractivity contribution in [2.75, 3.05) is 0 Å². The predicted octanol–water partition coefficient (Wildman–Crippen LogP) is 15.7. The topological polar surface area (TPSA) is 33.6 Å². The highest BCUT2D eigenvalue weighted by molar-refractivity contribution is 6.12. The third kappa shape index (κ3) is 6.70. The zero-order chi connectivity index (χ0) is 43.9. The Morgan fingerprint density at radius 1 is 0.429 bits per heavy atom. The number of nitrogens with zero attached hydrogens (tertiary/aromatic N) is 3. The second kappa shape index (κ2) is 14.5. The third-order valence-electron chi connectivity index (χ3n) is 12.0. The molecule has 0 amide bonds. The third-order valence-corrected chi connectivity index (χ3v) is 12.0. The number of fused-ring (bicyclic) bond motifs is 6. The first-order chi connectivity index (χ1) is 30.2. The smallest absolute Gasteiger partial charge is 0.309 e. The van der Waals surface area contributed by atoms with E-state index in [0.29, 0.717) is 38.9 Å². The summed E-state index contributed by atoms with van der Waals surface area (Å²) in [7, 11) is 0. The van der Waals surface area contributed by atoms with E-state index in [1.54, 1.807) is 32.0 Å². The van der Waals surface area contributed by atoms with Gasteiger partial charge in [-0.25, -0.2) is 0 Å². The first-order valence-corrected chi connectivity index (χ1v) is 20.3. The van der Waals surface area contributed by atoms with Crippen LogP contribution in [-0.2, 0) is 12.4 Å². The fourth-order valence-corrected chi connectivity index (χ4v) is 9.24. The van der Waals surface area contributed by atoms with E-state index in [0.717, 1.165) is 83.8 Å². The molecule has 0 radical (unpaired) electrons. The summed E-state index contributed by atoms with van der Waals surface area (Å²) in [6.45, 7) is 5.38. The SMILES string of the molecule is Cc1cc(-c2ccc3c(c2)c2ccccc2n3-c2ccc(-c3cccc(C#N)c3)c(-n3c4ccccc4c4cc(-c5cc(C)cc(C(F)(F)F)c5)ccc43)c2C)cc(C(F)(F)F)c1. The lowest BCUT2D eigenvalue weighted by Crippen LogP contribution is -2.06. The lowest BCUT2D eigenvalue weighted by atomic mass is 9.96. The van der Waals surface area contributed by atoms with Crippen LogP contribution in [-0.4, -0.2) is 9.13 Å². The molecule has 0 aliphatic carbocycles. The van der Waals surface area contributed by atoms with Crippen LogP contribution in [0.1, 0.15) is 33.4 Å². The molecule has 2 aromatic heterocycles. The van der Waals surface area contributed by atoms with E-state index in [9.17, 15) is 31.6 Å². The molecule has 2 heterocycles. The van der Waals surface area contributed by atoms with Gasteiger partial charge in [-0.3, -0.25) is 0 Å². The number of halogens is 6. The Balaban J connectivity index is 1.24. The van der Waals surface area contributed by atoms with Gasteiger partial charge in [-0.05, 0) is 144 Å². The first kappa shape index (κ1) is 39.6. The van der Waals surface area contributed by atoms with Crippen LogP contribution in [0, 0.1) is 32.1 Å². The Kier molecular flexibility index (Phi) is 9.12. The summed E-state index contributed by atoms with van der Waals surface area (Å²) in [5.41, 5.74) is 10.1. The number of aromatic nitrogens is 2. The summed E-state index contributed by atoms with van der Waals surface area (Å²) >= 11 is 0. The second-order valence-corrected chi connectivity index (χ2v) is 16.1. The average Bonchev–Trinajstić information content (AvgIpc) is 3.77. The maximum Gasteiger partial charge on any atom is 0.416 e. The summed E-state index contributed by atoms with van der Waals surface area (Å²) in [6, 6.07) is 49.5. The molecule has 0 bridgehead atoms. The molecule has 9 heteroatoms. The van der Waals surface area contributed by atoms with E-state index >= 15 is 0 Å². The Hall–Kier alpha value is -7.57. The van der Waals surface area contributed by atoms with Crippen LogP contribution >= 0.6 is 0 Å². The molecule has 0 unspecified atom stereocenters. The van der Waals surface area contributed by atoms with Gasteiger partial charge in [-0.2, -0.15) is 31.6 Å². The van der Waals surface area contributed by atoms with Crippen molar-refractivity contribution >= 4 is 43.6 Å². The number of hydrogen-bond acceptors (Lipinski definition) is 1. The first-order valence-electron chi connectivity index (χ1n) is 20.3. The summed E-state index contributed by atoms with van der Waals surface area (Å²) < 4.78 is 88.1. The fraction of sp³-hybridized carbons (Fsp3) is 0.0926. The quantitative estimate of drug-likeness (QED) is 0.159. The minimum absolute atomic E-state index is 0.464. The van der Waals surface area contributed by atoms with Crippen LogP contribution in [0.5, 0.6) is 0 Å². The molecule has 63 heavy (non-hydrogen) atoms. The lowest BCUT2D eigenvalue weighted by molar-refractivity contribution is -0.138. The highest BCUT2D eigenvalue weighted by Gasteiger charge is 2.32. The van der Waals surface area contributed by atoms with E-state index in [1.165, 1.54) is 12.1 Å². The molecule has 10 rings (SSSR count). The molecule has 0 saturated carbocycles. The molecule has 0 N–H and O–H groups in total. The molecular formula is C54H35F6N3. The minimum atomic E-state index is -4.50. The number of alkyl halides is 6. The number of rotatable bonds is 5. The highest BCUT2D eigenvalue weighted by Crippen LogP contribution is 2.44. The molecule has 0 atom stereocenters. The Labute approximate surface area is 358 Å². The van der Waals surface area contributed by atoms with Crippen molar-refractivity contribution in [3.8, 4) is 50.8 Å². The van der Waals surface area contributed by atoms with Gasteiger partial charge < -0.3 is 9.13 Å². The van der Waals surface area contributed by atoms with Gasteiger partial charge in [-0.15, -0.1) is 0 Å². The van der Waals surface area contributed by atoms with E-state index in [4.69, 9.17) is 0 Å². The molecule has 308 valence electrons. The normalized spacial score (nSPS) is 12.2. The van der Waals surface area contributed by atoms with Crippen LogP contribution in [0.4, 0.5) is 26.3 Å². The van der Waals surface area contributed by atoms with Crippen LogP contribution < -0.4 is 0 Å². The lowest BCUT2D eigenvalue weighted by Gasteiger charge is -2.21. The van der Waals surface area contributed by atoms with Crippen molar-refractivity contribution in [3.63, 3.8) is 0 Å². The number of benzene rings is 8. The number of para-hydroxylation sites is 2. The summed E-state index contributed by atoms with van der Waals surface area (Å²) in [6.07, 6.45) is -8.98. The van der Waals surface area contributed by atoms with Gasteiger partial charge in [0.25, 0.3) is 0 Å². The molecule has 10 aromatic rings. The summed E-state index contributed by atoms with van der Waals surface area (Å²) in [5, 5.41) is 13.5. The summed E-state index contributed by atoms with van der Waals surface area (Å²) in [5.74, 6) is 0. The van der Waals surface area contributed by atoms with Crippen molar-refractivity contribution in [2.45, 2.75) is 33.1 Å². The zero-order valence-corrected chi connectivity index (χ0v) is 34.1. The average molecular weight is 840 g/mol. The number of nitriles is 1. The monoisotopic (exact) mass is 839 g/mol. The van der Waals surface area contributed by atoms with Crippen molar-refractivity contribution in [1.82, 2.24) is 9.13 Å². The van der Waals surface area contributed by atoms with Gasteiger partial charge in [0.15, 0.2) is 0 Å². The molecule has 0 aliphatic heterocycles. The minimum Gasteiger partial charge on any atom is -0.309 e. The predicted molar refractivity (Wildman–Crippen MR) is 240 cm³/mol. The Morgan fingerprint density at radius 2 is 0.937 bits per heavy atom. The molecule has 0 fully saturated rings. The van der Waals surface area contributed by atoms with Crippen molar-refractivity contribution < 1.29 is 26.3 Å². The Bertz CT molecular complexity index is 3540. The van der Waals surface area contributed by atoms with E-state index in [1.807, 2.05) is 103 Å². The van der Waals surface area contributed by atoms with Gasteiger partial charge in [0.05, 0.1) is 56.2 Å². The number of aryl methyl sites for hydroxylation is 2. The van der Waals surface area contributed by atoms with E-state index < -0.39 is 23.5 Å². The molecule has 8 aromatic carbocycles. The van der Waals surface area contributed by atoms with Crippen molar-refractivity contribution in [3.05, 3.63) is 191 Å². The molecule has 0 spiro atoms. The van der Waals surface area contributed by atoms with Crippen LogP contribution in [0.3, 0.4) is 0 Å². The fourth-order valence-electron chi connectivity index (χ4n) is 9.24. The zero-order valence-electron chi connectivity index (χ0n) is 34.1. The van der Waals surface area contributed by atoms with E-state index in [-0.39, 0.29) is 0 Å². The van der Waals surface area contributed by atoms with Gasteiger partial charge in [-0.1, -0.05) is 78.9 Å². The van der Waals surface area contributed by atoms with Crippen molar-refractivity contribution in [2.24, 2.45) is 0 Å². The maximum atomic E-state index is 14.0. The van der Waals surface area contributed by atoms with Gasteiger partial charge in [0, 0.05) is 27.1 Å². The van der Waals surface area contributed by atoms with Crippen LogP contribution in [0.2, 0.25) is 0 Å². The highest BCUT2D eigenvalue weighted by atomic mass is 19.4. The molecule has 3 nitrogen and oxygen atoms in total. The second-order valence-electron chi connectivity index (χ2n) is 16.1. The molecular weight excluding hydrogens is 805 g/mol. The standard InChI is InChI=1S/C54H35F6N3/c1-31-21-38(26-40(23-31)53(55,56)57)35-15-18-50-45(28-35)43-11-4-6-13-48(43)62(50)47-20-17-42(37-10-8-9-34(25-37)30-61)52(33(47)3)63-49-14-7-5-12-44(49)46-29-36(16-19-51(46)63)39-22-32(2)24-41(27-39)54(58,59)60/h4-29H,1-3H3. The molecule has 0 saturated heterocycles. The van der Waals surface area contributed by atoms with Gasteiger partial charge in [0.2, 0.25) is 0 Å². The van der Waals surface area contributed by atoms with Gasteiger partial charge in [0.1, 0.15) is 0 Å². The van der Waals surface area contributed by atoms with Crippen molar-refractivity contribution in [1.29, 1.82) is 5.26 Å². The van der Waals surface area contributed by atoms with Gasteiger partial charge >= 0.3 is 12.4 Å². The van der Waals surface area contributed by atoms with Crippen LogP contribution in [0.25, 0.3) is 88.4 Å². The van der Waals surface area contributed by atoms with E-state index in [2.05, 4.69) is 34.3 Å².